The minimum absolute atomic E-state index is 0. The third-order valence-electron chi connectivity index (χ3n) is 0. The Kier molecular flexibility index (Phi) is 19.3. The maximum atomic E-state index is 5.35. The Morgan fingerprint density at radius 3 is 0.778 bits per heavy atom. The molecule has 0 unspecified atom stereocenters. The number of rotatable bonds is 0. The van der Waals surface area contributed by atoms with Crippen LogP contribution in [-0.2, 0) is 0 Å². The van der Waals surface area contributed by atoms with E-state index in [-0.39, 0.29) is 5.54 Å². The van der Waals surface area contributed by atoms with Crippen LogP contribution in [0.25, 0.3) is 0 Å². The van der Waals surface area contributed by atoms with Crippen molar-refractivity contribution in [2.24, 2.45) is 5.73 Å². The first-order valence-electron chi connectivity index (χ1n) is 3.79. The van der Waals surface area contributed by atoms with Gasteiger partial charge in [-0.05, 0) is 20.8 Å². The molecule has 0 aliphatic heterocycles. The monoisotopic (exact) mass is 133 g/mol. The Balaban J connectivity index is -0.0000000771. The Morgan fingerprint density at radius 1 is 0.778 bits per heavy atom. The third kappa shape index (κ3) is 177000. The highest BCUT2D eigenvalue weighted by molar-refractivity contribution is 4.60. The molecule has 0 aromatic heterocycles. The fourth-order valence-corrected chi connectivity index (χ4v) is 0. The van der Waals surface area contributed by atoms with Crippen LogP contribution < -0.4 is 5.73 Å². The van der Waals surface area contributed by atoms with Gasteiger partial charge in [-0.2, -0.15) is 0 Å². The maximum Gasteiger partial charge on any atom is 0.00686 e. The van der Waals surface area contributed by atoms with Crippen molar-refractivity contribution in [3.05, 3.63) is 0 Å². The van der Waals surface area contributed by atoms with Crippen molar-refractivity contribution in [2.45, 2.75) is 54.0 Å². The first kappa shape index (κ1) is 16.0. The topological polar surface area (TPSA) is 26.0 Å². The summed E-state index contributed by atoms with van der Waals surface area (Å²) in [6.45, 7) is 13.9. The molecule has 0 amide bonds. The fraction of sp³-hybridized carbons (Fsp3) is 1.00. The Morgan fingerprint density at radius 2 is 0.778 bits per heavy atom. The summed E-state index contributed by atoms with van der Waals surface area (Å²) in [5.74, 6) is 0. The van der Waals surface area contributed by atoms with Gasteiger partial charge in [-0.15, -0.1) is 0 Å². The summed E-state index contributed by atoms with van der Waals surface area (Å²) in [6.07, 6.45) is 0. The second-order valence-electron chi connectivity index (χ2n) is 2.37. The molecule has 1 heteroatoms. The highest BCUT2D eigenvalue weighted by Gasteiger charge is 1.95. The van der Waals surface area contributed by atoms with Gasteiger partial charge in [0.25, 0.3) is 0 Å². The Labute approximate surface area is 60.6 Å². The number of nitrogens with two attached hydrogens (primary N) is 1. The van der Waals surface area contributed by atoms with Crippen molar-refractivity contribution < 1.29 is 0 Å². The average Bonchev–Trinajstić information content (AvgIpc) is 1.72. The van der Waals surface area contributed by atoms with Crippen molar-refractivity contribution in [1.29, 1.82) is 0 Å². The van der Waals surface area contributed by atoms with Gasteiger partial charge in [0, 0.05) is 5.54 Å². The molecular weight excluding hydrogens is 110 g/mol. The number of hydrogen-bond donors (Lipinski definition) is 1. The van der Waals surface area contributed by atoms with E-state index in [9.17, 15) is 0 Å². The molecule has 0 bridgehead atoms. The van der Waals surface area contributed by atoms with Gasteiger partial charge in [0.1, 0.15) is 0 Å². The summed E-state index contributed by atoms with van der Waals surface area (Å²) < 4.78 is 0. The third-order valence-corrected chi connectivity index (χ3v) is 0. The zero-order chi connectivity index (χ0) is 8.50. The predicted octanol–water partition coefficient (Wildman–Crippen LogP) is 2.80. The number of hydrogen-bond acceptors (Lipinski definition) is 1. The van der Waals surface area contributed by atoms with E-state index in [0.717, 1.165) is 0 Å². The first-order chi connectivity index (χ1) is 4.00. The van der Waals surface area contributed by atoms with E-state index < -0.39 is 0 Å². The van der Waals surface area contributed by atoms with E-state index in [0.29, 0.717) is 0 Å². The molecule has 2 N–H and O–H groups in total. The molecule has 0 spiro atoms. The molecule has 0 saturated heterocycles. The van der Waals surface area contributed by atoms with E-state index in [1.54, 1.807) is 0 Å². The molecule has 9 heavy (non-hydrogen) atoms. The second kappa shape index (κ2) is 10.9. The van der Waals surface area contributed by atoms with Gasteiger partial charge in [0.05, 0.1) is 0 Å². The molecule has 0 aliphatic rings. The van der Waals surface area contributed by atoms with Crippen molar-refractivity contribution in [3.8, 4) is 0 Å². The van der Waals surface area contributed by atoms with Gasteiger partial charge in [-0.1, -0.05) is 27.7 Å². The van der Waals surface area contributed by atoms with E-state index in [2.05, 4.69) is 0 Å². The van der Waals surface area contributed by atoms with Crippen LogP contribution in [0.4, 0.5) is 0 Å². The van der Waals surface area contributed by atoms with Gasteiger partial charge < -0.3 is 5.73 Å². The molecule has 0 heterocycles. The van der Waals surface area contributed by atoms with Crippen molar-refractivity contribution in [2.75, 3.05) is 0 Å². The highest BCUT2D eigenvalue weighted by Crippen LogP contribution is 1.88. The van der Waals surface area contributed by atoms with Gasteiger partial charge in [0.15, 0.2) is 0 Å². The van der Waals surface area contributed by atoms with E-state index in [1.807, 2.05) is 48.5 Å². The predicted molar refractivity (Wildman–Crippen MR) is 46.6 cm³/mol. The van der Waals surface area contributed by atoms with E-state index in [4.69, 9.17) is 5.73 Å². The summed E-state index contributed by atoms with van der Waals surface area (Å²) >= 11 is 0. The summed E-state index contributed by atoms with van der Waals surface area (Å²) in [7, 11) is 0. The Hall–Kier alpha value is -0.0400. The first-order valence-corrected chi connectivity index (χ1v) is 3.79. The van der Waals surface area contributed by atoms with Gasteiger partial charge in [-0.25, -0.2) is 0 Å². The highest BCUT2D eigenvalue weighted by atomic mass is 14.7. The SMILES string of the molecule is CC.CC.CC(C)(C)N. The minimum Gasteiger partial charge on any atom is -0.326 e. The molecule has 1 nitrogen and oxygen atoms in total. The lowest BCUT2D eigenvalue weighted by Gasteiger charge is -2.06. The van der Waals surface area contributed by atoms with Gasteiger partial charge in [0.2, 0.25) is 0 Å². The van der Waals surface area contributed by atoms with Gasteiger partial charge >= 0.3 is 0 Å². The minimum atomic E-state index is 0. The molecule has 60 valence electrons. The maximum absolute atomic E-state index is 5.35. The van der Waals surface area contributed by atoms with Crippen LogP contribution in [-0.4, -0.2) is 5.54 Å². The van der Waals surface area contributed by atoms with E-state index in [1.165, 1.54) is 0 Å². The van der Waals surface area contributed by atoms with Crippen LogP contribution in [0.2, 0.25) is 0 Å². The van der Waals surface area contributed by atoms with Crippen LogP contribution in [0.15, 0.2) is 0 Å². The summed E-state index contributed by atoms with van der Waals surface area (Å²) in [6, 6.07) is 0. The zero-order valence-corrected chi connectivity index (χ0v) is 8.08. The molecule has 0 fully saturated rings. The largest absolute Gasteiger partial charge is 0.326 e. The molecular formula is C8H23N. The molecule has 0 saturated carbocycles. The molecule has 0 aliphatic carbocycles. The molecule has 0 aromatic rings. The van der Waals surface area contributed by atoms with Gasteiger partial charge in [-0.3, -0.25) is 0 Å². The van der Waals surface area contributed by atoms with Crippen LogP contribution in [0.5, 0.6) is 0 Å². The van der Waals surface area contributed by atoms with Crippen molar-refractivity contribution in [1.82, 2.24) is 0 Å². The van der Waals surface area contributed by atoms with E-state index >= 15 is 0 Å². The standard InChI is InChI=1S/C4H11N.2C2H6/c1-4(2,3)5;2*1-2/h5H2,1-3H3;2*1-2H3. The second-order valence-corrected chi connectivity index (χ2v) is 2.37. The quantitative estimate of drug-likeness (QED) is 0.540. The van der Waals surface area contributed by atoms with Crippen molar-refractivity contribution >= 4 is 0 Å². The normalized spacial score (nSPS) is 8.00. The summed E-state index contributed by atoms with van der Waals surface area (Å²) in [4.78, 5) is 0. The molecule has 0 aromatic carbocycles. The molecule has 0 atom stereocenters. The smallest absolute Gasteiger partial charge is 0.00686 e. The summed E-state index contributed by atoms with van der Waals surface area (Å²) in [5, 5.41) is 0. The Bertz CT molecular complexity index is 20.0. The lowest BCUT2D eigenvalue weighted by molar-refractivity contribution is 0.580. The van der Waals surface area contributed by atoms with Crippen LogP contribution in [0.1, 0.15) is 48.5 Å². The molecule has 0 radical (unpaired) electrons. The lowest BCUT2D eigenvalue weighted by Crippen LogP contribution is -2.26. The average molecular weight is 133 g/mol. The van der Waals surface area contributed by atoms with Crippen molar-refractivity contribution in [3.63, 3.8) is 0 Å². The lowest BCUT2D eigenvalue weighted by atomic mass is 10.1. The van der Waals surface area contributed by atoms with Crippen LogP contribution in [0.3, 0.4) is 0 Å². The zero-order valence-electron chi connectivity index (χ0n) is 8.08. The van der Waals surface area contributed by atoms with Crippen LogP contribution >= 0.6 is 0 Å². The summed E-state index contributed by atoms with van der Waals surface area (Å²) in [5.41, 5.74) is 5.35. The fourth-order valence-electron chi connectivity index (χ4n) is 0. The van der Waals surface area contributed by atoms with Crippen LogP contribution in [0, 0.1) is 0 Å². The molecule has 0 rings (SSSR count).